The van der Waals surface area contributed by atoms with Crippen LogP contribution in [0.2, 0.25) is 0 Å². The summed E-state index contributed by atoms with van der Waals surface area (Å²) in [6, 6.07) is 0. The lowest BCUT2D eigenvalue weighted by Crippen LogP contribution is -2.48. The van der Waals surface area contributed by atoms with Crippen molar-refractivity contribution in [2.75, 3.05) is 6.61 Å². The van der Waals surface area contributed by atoms with Gasteiger partial charge >= 0.3 is 0 Å². The van der Waals surface area contributed by atoms with Gasteiger partial charge in [0, 0.05) is 6.61 Å². The average molecular weight is 154 g/mol. The summed E-state index contributed by atoms with van der Waals surface area (Å²) >= 11 is 0. The average Bonchev–Trinajstić information content (AvgIpc) is 1.83. The zero-order chi connectivity index (χ0) is 7.90. The topological polar surface area (TPSA) is 20.2 Å². The number of aliphatic hydroxyl groups excluding tert-OH is 1. The zero-order valence-corrected chi connectivity index (χ0v) is 7.34. The van der Waals surface area contributed by atoms with Crippen molar-refractivity contribution < 1.29 is 5.11 Å². The highest BCUT2D eigenvalue weighted by Gasteiger charge is 2.51. The third kappa shape index (κ3) is 1.10. The molecular weight excluding hydrogens is 136 g/mol. The maximum Gasteiger partial charge on any atom is 0.0459 e. The third-order valence-electron chi connectivity index (χ3n) is 3.72. The second kappa shape index (κ2) is 2.48. The minimum Gasteiger partial charge on any atom is -0.396 e. The molecule has 0 aromatic carbocycles. The van der Waals surface area contributed by atoms with Crippen molar-refractivity contribution in [3.63, 3.8) is 0 Å². The van der Waals surface area contributed by atoms with E-state index in [4.69, 9.17) is 5.11 Å². The summed E-state index contributed by atoms with van der Waals surface area (Å²) in [7, 11) is 0. The Morgan fingerprint density at radius 3 is 2.18 bits per heavy atom. The predicted molar refractivity (Wildman–Crippen MR) is 45.3 cm³/mol. The van der Waals surface area contributed by atoms with Gasteiger partial charge in [-0.15, -0.1) is 0 Å². The van der Waals surface area contributed by atoms with E-state index in [1.165, 1.54) is 32.1 Å². The summed E-state index contributed by atoms with van der Waals surface area (Å²) in [4.78, 5) is 0. The van der Waals surface area contributed by atoms with Gasteiger partial charge in [-0.2, -0.15) is 0 Å². The normalized spacial score (nSPS) is 48.5. The molecular formula is C10H18O. The summed E-state index contributed by atoms with van der Waals surface area (Å²) in [5.74, 6) is 1.68. The molecule has 0 atom stereocenters. The Balaban J connectivity index is 1.75. The second-order valence-corrected chi connectivity index (χ2v) is 4.64. The molecule has 1 nitrogen and oxygen atoms in total. The highest BCUT2D eigenvalue weighted by molar-refractivity contribution is 5.02. The largest absolute Gasteiger partial charge is 0.396 e. The molecule has 1 N–H and O–H groups in total. The molecule has 0 unspecified atom stereocenters. The van der Waals surface area contributed by atoms with Crippen LogP contribution in [0.3, 0.4) is 0 Å². The molecule has 0 saturated heterocycles. The SMILES string of the molecule is CCC1CC2(C1)CC(CO)C2. The Labute approximate surface area is 68.8 Å². The Bertz CT molecular complexity index is 119. The van der Waals surface area contributed by atoms with Gasteiger partial charge in [0.25, 0.3) is 0 Å². The van der Waals surface area contributed by atoms with Crippen LogP contribution in [-0.2, 0) is 0 Å². The Morgan fingerprint density at radius 2 is 1.73 bits per heavy atom. The van der Waals surface area contributed by atoms with Gasteiger partial charge in [0.1, 0.15) is 0 Å². The molecule has 2 aliphatic carbocycles. The van der Waals surface area contributed by atoms with Crippen LogP contribution in [0.15, 0.2) is 0 Å². The van der Waals surface area contributed by atoms with E-state index in [2.05, 4.69) is 6.92 Å². The molecule has 2 aliphatic rings. The lowest BCUT2D eigenvalue weighted by molar-refractivity contribution is -0.0837. The van der Waals surface area contributed by atoms with Gasteiger partial charge in [0.2, 0.25) is 0 Å². The van der Waals surface area contributed by atoms with E-state index in [0.29, 0.717) is 12.5 Å². The first-order valence-electron chi connectivity index (χ1n) is 4.89. The molecule has 1 spiro atoms. The van der Waals surface area contributed by atoms with E-state index in [9.17, 15) is 0 Å². The quantitative estimate of drug-likeness (QED) is 0.646. The van der Waals surface area contributed by atoms with Crippen molar-refractivity contribution in [3.05, 3.63) is 0 Å². The second-order valence-electron chi connectivity index (χ2n) is 4.64. The molecule has 0 aromatic heterocycles. The highest BCUT2D eigenvalue weighted by atomic mass is 16.3. The number of aliphatic hydroxyl groups is 1. The molecule has 2 rings (SSSR count). The van der Waals surface area contributed by atoms with Crippen LogP contribution in [0, 0.1) is 17.3 Å². The number of rotatable bonds is 2. The van der Waals surface area contributed by atoms with Gasteiger partial charge in [-0.1, -0.05) is 13.3 Å². The molecule has 0 heterocycles. The Morgan fingerprint density at radius 1 is 1.18 bits per heavy atom. The van der Waals surface area contributed by atoms with Crippen LogP contribution in [-0.4, -0.2) is 11.7 Å². The molecule has 11 heavy (non-hydrogen) atoms. The summed E-state index contributed by atoms with van der Waals surface area (Å²) in [5, 5.41) is 8.86. The summed E-state index contributed by atoms with van der Waals surface area (Å²) in [6.45, 7) is 2.72. The molecule has 0 radical (unpaired) electrons. The van der Waals surface area contributed by atoms with Crippen molar-refractivity contribution in [2.24, 2.45) is 17.3 Å². The van der Waals surface area contributed by atoms with E-state index in [1.54, 1.807) is 0 Å². The van der Waals surface area contributed by atoms with Crippen LogP contribution in [0.4, 0.5) is 0 Å². The maximum absolute atomic E-state index is 8.86. The molecule has 0 aromatic rings. The van der Waals surface area contributed by atoms with E-state index < -0.39 is 0 Å². The first kappa shape index (κ1) is 7.60. The van der Waals surface area contributed by atoms with E-state index in [1.807, 2.05) is 0 Å². The van der Waals surface area contributed by atoms with Crippen molar-refractivity contribution in [1.29, 1.82) is 0 Å². The van der Waals surface area contributed by atoms with E-state index in [0.717, 1.165) is 11.3 Å². The van der Waals surface area contributed by atoms with Gasteiger partial charge in [0.15, 0.2) is 0 Å². The van der Waals surface area contributed by atoms with Crippen molar-refractivity contribution in [2.45, 2.75) is 39.0 Å². The molecule has 2 fully saturated rings. The van der Waals surface area contributed by atoms with Crippen LogP contribution in [0.25, 0.3) is 0 Å². The van der Waals surface area contributed by atoms with Crippen LogP contribution in [0.1, 0.15) is 39.0 Å². The lowest BCUT2D eigenvalue weighted by atomic mass is 9.48. The maximum atomic E-state index is 8.86. The van der Waals surface area contributed by atoms with Crippen LogP contribution >= 0.6 is 0 Å². The summed E-state index contributed by atoms with van der Waals surface area (Å²) < 4.78 is 0. The van der Waals surface area contributed by atoms with Crippen molar-refractivity contribution >= 4 is 0 Å². The molecule has 64 valence electrons. The van der Waals surface area contributed by atoms with Crippen LogP contribution in [0.5, 0.6) is 0 Å². The van der Waals surface area contributed by atoms with Crippen molar-refractivity contribution in [1.82, 2.24) is 0 Å². The fraction of sp³-hybridized carbons (Fsp3) is 1.00. The van der Waals surface area contributed by atoms with Gasteiger partial charge < -0.3 is 5.11 Å². The molecule has 2 saturated carbocycles. The molecule has 0 bridgehead atoms. The van der Waals surface area contributed by atoms with E-state index in [-0.39, 0.29) is 0 Å². The smallest absolute Gasteiger partial charge is 0.0459 e. The summed E-state index contributed by atoms with van der Waals surface area (Å²) in [6.07, 6.45) is 6.92. The Kier molecular flexibility index (Phi) is 1.71. The van der Waals surface area contributed by atoms with Crippen molar-refractivity contribution in [3.8, 4) is 0 Å². The number of hydrogen-bond donors (Lipinski definition) is 1. The Hall–Kier alpha value is -0.0400. The first-order valence-corrected chi connectivity index (χ1v) is 4.89. The minimum absolute atomic E-state index is 0.429. The van der Waals surface area contributed by atoms with Gasteiger partial charge in [-0.05, 0) is 42.9 Å². The van der Waals surface area contributed by atoms with E-state index >= 15 is 0 Å². The predicted octanol–water partition coefficient (Wildman–Crippen LogP) is 2.20. The lowest BCUT2D eigenvalue weighted by Gasteiger charge is -2.57. The first-order chi connectivity index (χ1) is 5.28. The molecule has 1 heteroatoms. The fourth-order valence-electron chi connectivity index (χ4n) is 3.08. The van der Waals surface area contributed by atoms with Gasteiger partial charge in [0.05, 0.1) is 0 Å². The molecule has 0 aliphatic heterocycles. The zero-order valence-electron chi connectivity index (χ0n) is 7.34. The fourth-order valence-corrected chi connectivity index (χ4v) is 3.08. The molecule has 0 amide bonds. The standard InChI is InChI=1S/C10H18O/c1-2-8-3-10(4-8)5-9(6-10)7-11/h8-9,11H,2-7H2,1H3. The summed E-state index contributed by atoms with van der Waals surface area (Å²) in [5.41, 5.74) is 0.730. The van der Waals surface area contributed by atoms with Gasteiger partial charge in [-0.3, -0.25) is 0 Å². The van der Waals surface area contributed by atoms with Gasteiger partial charge in [-0.25, -0.2) is 0 Å². The highest BCUT2D eigenvalue weighted by Crippen LogP contribution is 2.61. The monoisotopic (exact) mass is 154 g/mol. The third-order valence-corrected chi connectivity index (χ3v) is 3.72. The minimum atomic E-state index is 0.429. The number of hydrogen-bond acceptors (Lipinski definition) is 1. The van der Waals surface area contributed by atoms with Crippen LogP contribution < -0.4 is 0 Å².